The van der Waals surface area contributed by atoms with Crippen LogP contribution >= 0.6 is 0 Å². The molecule has 0 aromatic carbocycles. The van der Waals surface area contributed by atoms with Crippen LogP contribution in [0.4, 0.5) is 0 Å². The third kappa shape index (κ3) is 14.1. The first kappa shape index (κ1) is 24.9. The van der Waals surface area contributed by atoms with Gasteiger partial charge >= 0.3 is 5.97 Å². The van der Waals surface area contributed by atoms with Gasteiger partial charge in [-0.05, 0) is 47.4 Å². The molecule has 0 aromatic rings. The molecule has 1 amide bonds. The second kappa shape index (κ2) is 15.0. The van der Waals surface area contributed by atoms with Gasteiger partial charge in [-0.1, -0.05) is 0 Å². The molecule has 0 aliphatic carbocycles. The molecule has 0 aliphatic rings. The average molecular weight is 413 g/mol. The largest absolute Gasteiger partial charge is 0.480 e. The number of rotatable bonds is 4. The summed E-state index contributed by atoms with van der Waals surface area (Å²) in [6.45, 7) is 0. The van der Waals surface area contributed by atoms with Gasteiger partial charge in [-0.3, -0.25) is 19.5 Å². The number of terminal acetylenes is 1. The fraction of sp³-hybridized carbons (Fsp3) is 0.0909. The van der Waals surface area contributed by atoms with Crippen LogP contribution in [-0.4, -0.2) is 35.2 Å². The van der Waals surface area contributed by atoms with E-state index in [0.717, 1.165) is 0 Å². The molecule has 0 spiro atoms. The summed E-state index contributed by atoms with van der Waals surface area (Å²) in [4.78, 5) is 22.1. The second-order valence-electron chi connectivity index (χ2n) is 4.24. The predicted molar refractivity (Wildman–Crippen MR) is 107 cm³/mol. The van der Waals surface area contributed by atoms with E-state index in [1.807, 2.05) is 5.32 Å². The lowest BCUT2D eigenvalue weighted by molar-refractivity contribution is -0.138. The SMILES string of the molecule is C#CC#CC#CC#CC#CC#CC#CC#CC#CNC(=O)CC(C(=O)O)S(=O)(=O)O. The van der Waals surface area contributed by atoms with Crippen molar-refractivity contribution in [3.63, 3.8) is 0 Å². The van der Waals surface area contributed by atoms with Crippen LogP contribution in [0.2, 0.25) is 0 Å². The van der Waals surface area contributed by atoms with E-state index in [9.17, 15) is 18.0 Å². The fourth-order valence-corrected chi connectivity index (χ4v) is 1.73. The third-order valence-electron chi connectivity index (χ3n) is 2.22. The van der Waals surface area contributed by atoms with Crippen molar-refractivity contribution < 1.29 is 27.7 Å². The van der Waals surface area contributed by atoms with Crippen molar-refractivity contribution in [1.29, 1.82) is 0 Å². The summed E-state index contributed by atoms with van der Waals surface area (Å²) in [5.41, 5.74) is 0. The standard InChI is InChI=1S/C22H7NO6S/c1-2-3-4-5-6-7-8-9-10-11-12-13-14-15-16-17-18-23-21(24)19-20(22(25)26)30(27,28)29/h1,20H,19H2,(H,23,24)(H,25,26)(H,27,28,29). The molecule has 142 valence electrons. The number of carboxylic acid groups (broad SMARTS) is 1. The van der Waals surface area contributed by atoms with Gasteiger partial charge in [0.2, 0.25) is 5.91 Å². The van der Waals surface area contributed by atoms with Crippen LogP contribution in [0, 0.1) is 107 Å². The van der Waals surface area contributed by atoms with Crippen LogP contribution in [0.15, 0.2) is 0 Å². The van der Waals surface area contributed by atoms with Crippen molar-refractivity contribution in [3.05, 3.63) is 0 Å². The number of amides is 1. The van der Waals surface area contributed by atoms with Crippen LogP contribution < -0.4 is 5.32 Å². The first-order chi connectivity index (χ1) is 14.3. The number of aliphatic carboxylic acids is 1. The van der Waals surface area contributed by atoms with Crippen molar-refractivity contribution in [1.82, 2.24) is 5.32 Å². The zero-order valence-electron chi connectivity index (χ0n) is 14.8. The predicted octanol–water partition coefficient (Wildman–Crippen LogP) is -1.55. The molecule has 0 saturated heterocycles. The number of nitrogens with one attached hydrogen (secondary N) is 1. The molecule has 1 atom stereocenters. The first-order valence-electron chi connectivity index (χ1n) is 7.22. The number of carboxylic acids is 1. The van der Waals surface area contributed by atoms with Gasteiger partial charge < -0.3 is 5.11 Å². The van der Waals surface area contributed by atoms with Gasteiger partial charge in [0.1, 0.15) is 0 Å². The minimum Gasteiger partial charge on any atom is -0.480 e. The quantitative estimate of drug-likeness (QED) is 0.292. The van der Waals surface area contributed by atoms with Gasteiger partial charge in [-0.15, -0.1) is 6.42 Å². The third-order valence-corrected chi connectivity index (χ3v) is 3.30. The van der Waals surface area contributed by atoms with Gasteiger partial charge in [0.05, 0.1) is 6.42 Å². The normalized spacial score (nSPS) is 8.00. The zero-order chi connectivity index (χ0) is 22.7. The molecule has 0 heterocycles. The lowest BCUT2D eigenvalue weighted by Crippen LogP contribution is -2.35. The summed E-state index contributed by atoms with van der Waals surface area (Å²) < 4.78 is 30.4. The van der Waals surface area contributed by atoms with E-state index in [-0.39, 0.29) is 0 Å². The molecule has 0 bridgehead atoms. The molecule has 0 aromatic heterocycles. The Balaban J connectivity index is 4.57. The maximum absolute atomic E-state index is 11.4. The molecular weight excluding hydrogens is 406 g/mol. The lowest BCUT2D eigenvalue weighted by atomic mass is 10.3. The van der Waals surface area contributed by atoms with Crippen LogP contribution in [0.25, 0.3) is 0 Å². The maximum Gasteiger partial charge on any atom is 0.324 e. The van der Waals surface area contributed by atoms with E-state index >= 15 is 0 Å². The molecule has 30 heavy (non-hydrogen) atoms. The molecule has 0 rings (SSSR count). The van der Waals surface area contributed by atoms with Crippen molar-refractivity contribution in [3.8, 4) is 107 Å². The van der Waals surface area contributed by atoms with Gasteiger partial charge in [0.25, 0.3) is 10.1 Å². The lowest BCUT2D eigenvalue weighted by Gasteiger charge is -2.06. The summed E-state index contributed by atoms with van der Waals surface area (Å²) in [5, 5.41) is 8.27. The average Bonchev–Trinajstić information content (AvgIpc) is 2.67. The van der Waals surface area contributed by atoms with E-state index in [4.69, 9.17) is 16.1 Å². The Morgan fingerprint density at radius 3 is 1.47 bits per heavy atom. The highest BCUT2D eigenvalue weighted by Gasteiger charge is 2.33. The molecule has 0 saturated carbocycles. The number of carbonyl (C=O) groups is 2. The zero-order valence-corrected chi connectivity index (χ0v) is 15.6. The summed E-state index contributed by atoms with van der Waals surface area (Å²) in [5.74, 6) is 34.4. The molecule has 3 N–H and O–H groups in total. The monoisotopic (exact) mass is 413 g/mol. The van der Waals surface area contributed by atoms with E-state index in [1.165, 1.54) is 0 Å². The van der Waals surface area contributed by atoms with Gasteiger partial charge in [-0.25, -0.2) is 0 Å². The summed E-state index contributed by atoms with van der Waals surface area (Å²) in [7, 11) is -4.92. The molecule has 0 fully saturated rings. The molecular formula is C22H7NO6S. The van der Waals surface area contributed by atoms with Gasteiger partial charge in [-0.2, -0.15) is 8.42 Å². The minimum absolute atomic E-state index is 1.01. The first-order valence-corrected chi connectivity index (χ1v) is 8.73. The maximum atomic E-state index is 11.4. The highest BCUT2D eigenvalue weighted by Crippen LogP contribution is 2.04. The second-order valence-corrected chi connectivity index (χ2v) is 5.84. The Bertz CT molecular complexity index is 1370. The Morgan fingerprint density at radius 2 is 1.13 bits per heavy atom. The van der Waals surface area contributed by atoms with Crippen LogP contribution in [0.3, 0.4) is 0 Å². The Morgan fingerprint density at radius 1 is 0.767 bits per heavy atom. The molecule has 8 heteroatoms. The Hall–Kier alpha value is -5.11. The van der Waals surface area contributed by atoms with Crippen LogP contribution in [0.1, 0.15) is 6.42 Å². The van der Waals surface area contributed by atoms with Crippen molar-refractivity contribution in [2.75, 3.05) is 0 Å². The van der Waals surface area contributed by atoms with Crippen molar-refractivity contribution in [2.24, 2.45) is 0 Å². The van der Waals surface area contributed by atoms with Gasteiger partial charge in [0.15, 0.2) is 5.25 Å². The van der Waals surface area contributed by atoms with E-state index in [2.05, 4.69) is 101 Å². The highest BCUT2D eigenvalue weighted by molar-refractivity contribution is 7.87. The Labute approximate surface area is 174 Å². The summed E-state index contributed by atoms with van der Waals surface area (Å²) >= 11 is 0. The van der Waals surface area contributed by atoms with E-state index in [1.54, 1.807) is 0 Å². The van der Waals surface area contributed by atoms with Crippen LogP contribution in [-0.2, 0) is 19.7 Å². The molecule has 0 radical (unpaired) electrons. The van der Waals surface area contributed by atoms with Crippen molar-refractivity contribution >= 4 is 22.0 Å². The minimum atomic E-state index is -4.92. The number of hydrogen-bond acceptors (Lipinski definition) is 4. The fourth-order valence-electron chi connectivity index (χ4n) is 1.11. The summed E-state index contributed by atoms with van der Waals surface area (Å²) in [6, 6.07) is 2.06. The number of hydrogen-bond donors (Lipinski definition) is 3. The summed E-state index contributed by atoms with van der Waals surface area (Å²) in [6.07, 6.45) is 3.88. The van der Waals surface area contributed by atoms with E-state index in [0.29, 0.717) is 0 Å². The number of carbonyl (C=O) groups excluding carboxylic acids is 1. The molecule has 0 aliphatic heterocycles. The van der Waals surface area contributed by atoms with Gasteiger partial charge in [0, 0.05) is 53.4 Å². The smallest absolute Gasteiger partial charge is 0.324 e. The highest BCUT2D eigenvalue weighted by atomic mass is 32.2. The molecule has 1 unspecified atom stereocenters. The molecule has 7 nitrogen and oxygen atoms in total. The Kier molecular flexibility index (Phi) is 12.4. The van der Waals surface area contributed by atoms with Crippen LogP contribution in [0.5, 0.6) is 0 Å². The van der Waals surface area contributed by atoms with E-state index < -0.39 is 33.7 Å². The van der Waals surface area contributed by atoms with Crippen molar-refractivity contribution in [2.45, 2.75) is 11.7 Å². The topological polar surface area (TPSA) is 121 Å².